The summed E-state index contributed by atoms with van der Waals surface area (Å²) in [4.78, 5) is 11.7. The number of carbonyl (C=O) groups is 1. The van der Waals surface area contributed by atoms with Crippen LogP contribution in [0.15, 0.2) is 18.2 Å². The van der Waals surface area contributed by atoms with E-state index < -0.39 is 0 Å². The summed E-state index contributed by atoms with van der Waals surface area (Å²) in [6.07, 6.45) is 2.29. The normalized spacial score (nSPS) is 12.2. The summed E-state index contributed by atoms with van der Waals surface area (Å²) in [6.45, 7) is 4.12. The van der Waals surface area contributed by atoms with E-state index in [1.165, 1.54) is 5.56 Å². The predicted molar refractivity (Wildman–Crippen MR) is 80.0 cm³/mol. The van der Waals surface area contributed by atoms with Gasteiger partial charge in [0.25, 0.3) is 0 Å². The minimum absolute atomic E-state index is 0.00870. The van der Waals surface area contributed by atoms with Crippen molar-refractivity contribution in [3.63, 3.8) is 0 Å². The van der Waals surface area contributed by atoms with Crippen LogP contribution in [0.3, 0.4) is 0 Å². The van der Waals surface area contributed by atoms with Gasteiger partial charge < -0.3 is 11.1 Å². The molecule has 1 unspecified atom stereocenters. The predicted octanol–water partition coefficient (Wildman–Crippen LogP) is 3.06. The lowest BCUT2D eigenvalue weighted by molar-refractivity contribution is -0.116. The van der Waals surface area contributed by atoms with Crippen molar-refractivity contribution in [2.24, 2.45) is 5.73 Å². The molecule has 1 aromatic carbocycles. The number of hydrogen-bond acceptors (Lipinski definition) is 2. The number of hydrogen-bond donors (Lipinski definition) is 2. The Bertz CT molecular complexity index is 393. The SMILES string of the molecule is CCCC(N)CC(=O)Nc1ccc(C)c(I)c1. The van der Waals surface area contributed by atoms with Gasteiger partial charge in [-0.3, -0.25) is 4.79 Å². The summed E-state index contributed by atoms with van der Waals surface area (Å²) in [6, 6.07) is 5.85. The molecule has 3 nitrogen and oxygen atoms in total. The molecule has 0 aliphatic carbocycles. The smallest absolute Gasteiger partial charge is 0.225 e. The number of benzene rings is 1. The second kappa shape index (κ2) is 6.96. The van der Waals surface area contributed by atoms with Gasteiger partial charge in [-0.1, -0.05) is 19.4 Å². The Morgan fingerprint density at radius 3 is 2.82 bits per heavy atom. The highest BCUT2D eigenvalue weighted by Gasteiger charge is 2.09. The maximum absolute atomic E-state index is 11.7. The molecule has 1 amide bonds. The molecule has 0 aliphatic rings. The number of amides is 1. The molecule has 1 aromatic rings. The standard InChI is InChI=1S/C13H19IN2O/c1-3-4-10(15)7-13(17)16-11-6-5-9(2)12(14)8-11/h5-6,8,10H,3-4,7,15H2,1-2H3,(H,16,17). The Kier molecular flexibility index (Phi) is 5.91. The topological polar surface area (TPSA) is 55.1 Å². The summed E-state index contributed by atoms with van der Waals surface area (Å²) < 4.78 is 1.15. The molecule has 0 heterocycles. The first-order valence-electron chi connectivity index (χ1n) is 5.84. The van der Waals surface area contributed by atoms with Crippen molar-refractivity contribution in [3.8, 4) is 0 Å². The molecule has 0 saturated carbocycles. The first-order valence-corrected chi connectivity index (χ1v) is 6.92. The van der Waals surface area contributed by atoms with Gasteiger partial charge in [0, 0.05) is 21.7 Å². The zero-order chi connectivity index (χ0) is 12.8. The van der Waals surface area contributed by atoms with Gasteiger partial charge >= 0.3 is 0 Å². The van der Waals surface area contributed by atoms with Crippen LogP contribution < -0.4 is 11.1 Å². The highest BCUT2D eigenvalue weighted by atomic mass is 127. The fourth-order valence-electron chi connectivity index (χ4n) is 1.59. The second-order valence-corrected chi connectivity index (χ2v) is 5.43. The lowest BCUT2D eigenvalue weighted by Crippen LogP contribution is -2.26. The van der Waals surface area contributed by atoms with E-state index in [0.29, 0.717) is 6.42 Å². The lowest BCUT2D eigenvalue weighted by atomic mass is 10.1. The minimum atomic E-state index is -0.0375. The van der Waals surface area contributed by atoms with Gasteiger partial charge in [-0.05, 0) is 53.6 Å². The fourth-order valence-corrected chi connectivity index (χ4v) is 2.11. The average Bonchev–Trinajstić information content (AvgIpc) is 2.23. The third-order valence-electron chi connectivity index (χ3n) is 2.56. The zero-order valence-corrected chi connectivity index (χ0v) is 12.5. The van der Waals surface area contributed by atoms with Gasteiger partial charge in [0.15, 0.2) is 0 Å². The highest BCUT2D eigenvalue weighted by Crippen LogP contribution is 2.17. The number of anilines is 1. The maximum atomic E-state index is 11.7. The number of nitrogens with one attached hydrogen (secondary N) is 1. The van der Waals surface area contributed by atoms with Crippen molar-refractivity contribution in [1.82, 2.24) is 0 Å². The van der Waals surface area contributed by atoms with Crippen molar-refractivity contribution in [3.05, 3.63) is 27.3 Å². The summed E-state index contributed by atoms with van der Waals surface area (Å²) in [5.74, 6) is -0.00870. The largest absolute Gasteiger partial charge is 0.327 e. The minimum Gasteiger partial charge on any atom is -0.327 e. The Morgan fingerprint density at radius 2 is 2.24 bits per heavy atom. The molecule has 0 fully saturated rings. The molecule has 0 aliphatic heterocycles. The molecule has 3 N–H and O–H groups in total. The Labute approximate surface area is 116 Å². The van der Waals surface area contributed by atoms with E-state index in [0.717, 1.165) is 22.1 Å². The van der Waals surface area contributed by atoms with Crippen LogP contribution in [0.4, 0.5) is 5.69 Å². The molecular formula is C13H19IN2O. The number of halogens is 1. The van der Waals surface area contributed by atoms with Crippen LogP contribution in [-0.2, 0) is 4.79 Å². The summed E-state index contributed by atoms with van der Waals surface area (Å²) in [5, 5.41) is 2.88. The summed E-state index contributed by atoms with van der Waals surface area (Å²) >= 11 is 2.26. The van der Waals surface area contributed by atoms with Crippen molar-refractivity contribution >= 4 is 34.2 Å². The monoisotopic (exact) mass is 346 g/mol. The first kappa shape index (κ1) is 14.4. The van der Waals surface area contributed by atoms with Crippen LogP contribution >= 0.6 is 22.6 Å². The average molecular weight is 346 g/mol. The van der Waals surface area contributed by atoms with Gasteiger partial charge in [0.1, 0.15) is 0 Å². The van der Waals surface area contributed by atoms with E-state index >= 15 is 0 Å². The number of rotatable bonds is 5. The van der Waals surface area contributed by atoms with E-state index in [9.17, 15) is 4.79 Å². The number of aryl methyl sites for hydroxylation is 1. The summed E-state index contributed by atoms with van der Waals surface area (Å²) in [7, 11) is 0. The fraction of sp³-hybridized carbons (Fsp3) is 0.462. The van der Waals surface area contributed by atoms with E-state index in [2.05, 4.69) is 34.8 Å². The number of carbonyl (C=O) groups excluding carboxylic acids is 1. The summed E-state index contributed by atoms with van der Waals surface area (Å²) in [5.41, 5.74) is 7.89. The second-order valence-electron chi connectivity index (χ2n) is 4.27. The molecule has 17 heavy (non-hydrogen) atoms. The third-order valence-corrected chi connectivity index (χ3v) is 3.72. The first-order chi connectivity index (χ1) is 8.02. The van der Waals surface area contributed by atoms with Gasteiger partial charge in [-0.15, -0.1) is 0 Å². The quantitative estimate of drug-likeness (QED) is 0.806. The molecule has 0 spiro atoms. The number of nitrogens with two attached hydrogens (primary N) is 1. The molecular weight excluding hydrogens is 327 g/mol. The van der Waals surface area contributed by atoms with Crippen LogP contribution in [0.1, 0.15) is 31.7 Å². The third kappa shape index (κ3) is 5.04. The van der Waals surface area contributed by atoms with Crippen LogP contribution in [0.5, 0.6) is 0 Å². The van der Waals surface area contributed by atoms with Gasteiger partial charge in [-0.25, -0.2) is 0 Å². The van der Waals surface area contributed by atoms with E-state index in [4.69, 9.17) is 5.73 Å². The Morgan fingerprint density at radius 1 is 1.53 bits per heavy atom. The van der Waals surface area contributed by atoms with Crippen molar-refractivity contribution < 1.29 is 4.79 Å². The van der Waals surface area contributed by atoms with E-state index in [-0.39, 0.29) is 11.9 Å². The maximum Gasteiger partial charge on any atom is 0.225 e. The molecule has 4 heteroatoms. The lowest BCUT2D eigenvalue weighted by Gasteiger charge is -2.11. The van der Waals surface area contributed by atoms with Crippen LogP contribution in [-0.4, -0.2) is 11.9 Å². The van der Waals surface area contributed by atoms with Gasteiger partial charge in [0.05, 0.1) is 0 Å². The van der Waals surface area contributed by atoms with E-state index in [1.54, 1.807) is 0 Å². The van der Waals surface area contributed by atoms with Gasteiger partial charge in [-0.2, -0.15) is 0 Å². The van der Waals surface area contributed by atoms with Crippen molar-refractivity contribution in [1.29, 1.82) is 0 Å². The Balaban J connectivity index is 2.53. The van der Waals surface area contributed by atoms with E-state index in [1.807, 2.05) is 25.1 Å². The Hall–Kier alpha value is -0.620. The molecule has 1 atom stereocenters. The van der Waals surface area contributed by atoms with Crippen molar-refractivity contribution in [2.45, 2.75) is 39.2 Å². The van der Waals surface area contributed by atoms with Crippen LogP contribution in [0.25, 0.3) is 0 Å². The van der Waals surface area contributed by atoms with Crippen LogP contribution in [0, 0.1) is 10.5 Å². The molecule has 0 bridgehead atoms. The molecule has 0 radical (unpaired) electrons. The molecule has 1 rings (SSSR count). The molecule has 0 saturated heterocycles. The zero-order valence-electron chi connectivity index (χ0n) is 10.3. The van der Waals surface area contributed by atoms with Crippen molar-refractivity contribution in [2.75, 3.05) is 5.32 Å². The molecule has 0 aromatic heterocycles. The highest BCUT2D eigenvalue weighted by molar-refractivity contribution is 14.1. The molecule has 94 valence electrons. The van der Waals surface area contributed by atoms with Crippen LogP contribution in [0.2, 0.25) is 0 Å². The van der Waals surface area contributed by atoms with Gasteiger partial charge in [0.2, 0.25) is 5.91 Å².